The minimum absolute atomic E-state index is 0.0172. The molecule has 1 aliphatic carbocycles. The molecule has 4 heteroatoms. The molecule has 1 aromatic carbocycles. The van der Waals surface area contributed by atoms with Gasteiger partial charge in [-0.25, -0.2) is 9.82 Å². The average molecular weight is 276 g/mol. The first kappa shape index (κ1) is 13.6. The van der Waals surface area contributed by atoms with Crippen LogP contribution in [0.4, 0.5) is 4.39 Å². The molecule has 1 heterocycles. The smallest absolute Gasteiger partial charge is 0.134 e. The van der Waals surface area contributed by atoms with E-state index in [1.54, 1.807) is 6.07 Å². The summed E-state index contributed by atoms with van der Waals surface area (Å²) in [6, 6.07) is 6.53. The van der Waals surface area contributed by atoms with Crippen LogP contribution in [0.15, 0.2) is 28.7 Å². The molecule has 3 N–H and O–H groups in total. The van der Waals surface area contributed by atoms with Gasteiger partial charge in [0.1, 0.15) is 17.2 Å². The minimum Gasteiger partial charge on any atom is -0.459 e. The zero-order valence-electron chi connectivity index (χ0n) is 11.6. The second-order valence-corrected chi connectivity index (χ2v) is 5.73. The lowest BCUT2D eigenvalue weighted by molar-refractivity contribution is 0.291. The van der Waals surface area contributed by atoms with Crippen molar-refractivity contribution < 1.29 is 8.81 Å². The van der Waals surface area contributed by atoms with Crippen LogP contribution in [0.2, 0.25) is 0 Å². The molecule has 1 saturated carbocycles. The Morgan fingerprint density at radius 3 is 2.60 bits per heavy atom. The predicted octanol–water partition coefficient (Wildman–Crippen LogP) is 4.05. The summed E-state index contributed by atoms with van der Waals surface area (Å²) >= 11 is 0. The molecule has 108 valence electrons. The van der Waals surface area contributed by atoms with Gasteiger partial charge in [-0.15, -0.1) is 0 Å². The van der Waals surface area contributed by atoms with Crippen LogP contribution in [0.1, 0.15) is 50.3 Å². The van der Waals surface area contributed by atoms with E-state index in [-0.39, 0.29) is 11.9 Å². The summed E-state index contributed by atoms with van der Waals surface area (Å²) in [6.07, 6.45) is 7.44. The third-order valence-electron chi connectivity index (χ3n) is 4.35. The number of hydrazine groups is 1. The van der Waals surface area contributed by atoms with E-state index < -0.39 is 0 Å². The molecule has 0 saturated heterocycles. The molecule has 1 unspecified atom stereocenters. The van der Waals surface area contributed by atoms with Crippen molar-refractivity contribution in [1.29, 1.82) is 0 Å². The topological polar surface area (TPSA) is 51.2 Å². The van der Waals surface area contributed by atoms with Crippen LogP contribution >= 0.6 is 0 Å². The Morgan fingerprint density at radius 2 is 1.90 bits per heavy atom. The van der Waals surface area contributed by atoms with E-state index in [2.05, 4.69) is 5.43 Å². The normalized spacial score (nSPS) is 19.1. The fourth-order valence-electron chi connectivity index (χ4n) is 3.28. The molecule has 2 aromatic rings. The molecule has 3 rings (SSSR count). The fourth-order valence-corrected chi connectivity index (χ4v) is 3.28. The van der Waals surface area contributed by atoms with Crippen molar-refractivity contribution in [2.75, 3.05) is 0 Å². The lowest BCUT2D eigenvalue weighted by Crippen LogP contribution is -2.33. The first-order chi connectivity index (χ1) is 9.78. The Morgan fingerprint density at radius 1 is 1.15 bits per heavy atom. The van der Waals surface area contributed by atoms with Crippen molar-refractivity contribution in [2.45, 2.75) is 44.6 Å². The van der Waals surface area contributed by atoms with Crippen LogP contribution in [-0.2, 0) is 0 Å². The fraction of sp³-hybridized carbons (Fsp3) is 0.500. The summed E-state index contributed by atoms with van der Waals surface area (Å²) in [5.41, 5.74) is 3.62. The van der Waals surface area contributed by atoms with Gasteiger partial charge in [0.15, 0.2) is 0 Å². The molecule has 20 heavy (non-hydrogen) atoms. The van der Waals surface area contributed by atoms with Gasteiger partial charge in [0, 0.05) is 5.39 Å². The highest BCUT2D eigenvalue weighted by Crippen LogP contribution is 2.35. The monoisotopic (exact) mass is 276 g/mol. The van der Waals surface area contributed by atoms with Crippen molar-refractivity contribution in [3.05, 3.63) is 35.8 Å². The van der Waals surface area contributed by atoms with Crippen LogP contribution in [0, 0.1) is 11.7 Å². The summed E-state index contributed by atoms with van der Waals surface area (Å²) in [6.45, 7) is 0. The molecule has 1 fully saturated rings. The third-order valence-corrected chi connectivity index (χ3v) is 4.35. The largest absolute Gasteiger partial charge is 0.459 e. The molecule has 3 nitrogen and oxygen atoms in total. The third kappa shape index (κ3) is 2.72. The van der Waals surface area contributed by atoms with E-state index in [0.717, 1.165) is 16.7 Å². The van der Waals surface area contributed by atoms with Crippen molar-refractivity contribution in [3.63, 3.8) is 0 Å². The van der Waals surface area contributed by atoms with Gasteiger partial charge in [-0.05, 0) is 43.0 Å². The number of hydrogen-bond donors (Lipinski definition) is 2. The maximum Gasteiger partial charge on any atom is 0.134 e. The number of nitrogens with two attached hydrogens (primary N) is 1. The highest BCUT2D eigenvalue weighted by atomic mass is 19.1. The van der Waals surface area contributed by atoms with Gasteiger partial charge in [-0.3, -0.25) is 5.84 Å². The molecule has 1 aliphatic rings. The molecule has 0 amide bonds. The van der Waals surface area contributed by atoms with Gasteiger partial charge >= 0.3 is 0 Å². The summed E-state index contributed by atoms with van der Waals surface area (Å²) in [7, 11) is 0. The molecule has 0 bridgehead atoms. The van der Waals surface area contributed by atoms with Crippen LogP contribution in [0.3, 0.4) is 0 Å². The van der Waals surface area contributed by atoms with Crippen molar-refractivity contribution in [3.8, 4) is 0 Å². The minimum atomic E-state index is -0.239. The van der Waals surface area contributed by atoms with Crippen molar-refractivity contribution in [2.24, 2.45) is 11.8 Å². The van der Waals surface area contributed by atoms with E-state index in [1.807, 2.05) is 6.07 Å². The van der Waals surface area contributed by atoms with Gasteiger partial charge in [0.05, 0.1) is 6.04 Å². The Labute approximate surface area is 118 Å². The second kappa shape index (κ2) is 5.94. The van der Waals surface area contributed by atoms with E-state index >= 15 is 0 Å². The quantitative estimate of drug-likeness (QED) is 0.505. The van der Waals surface area contributed by atoms with E-state index in [9.17, 15) is 4.39 Å². The molecular weight excluding hydrogens is 255 g/mol. The van der Waals surface area contributed by atoms with Crippen LogP contribution in [-0.4, -0.2) is 0 Å². The standard InChI is InChI=1S/C16H21FN2O/c17-13-7-8-14-12(9-13)10-15(20-14)16(19-18)11-5-3-1-2-4-6-11/h7-11,16,19H,1-6,18H2. The first-order valence-corrected chi connectivity index (χ1v) is 7.43. The maximum absolute atomic E-state index is 13.3. The second-order valence-electron chi connectivity index (χ2n) is 5.73. The van der Waals surface area contributed by atoms with E-state index in [4.69, 9.17) is 10.3 Å². The zero-order chi connectivity index (χ0) is 13.9. The number of nitrogens with one attached hydrogen (secondary N) is 1. The molecular formula is C16H21FN2O. The van der Waals surface area contributed by atoms with Crippen LogP contribution in [0.5, 0.6) is 0 Å². The number of fused-ring (bicyclic) bond motifs is 1. The van der Waals surface area contributed by atoms with E-state index in [0.29, 0.717) is 5.92 Å². The number of halogens is 1. The lowest BCUT2D eigenvalue weighted by atomic mass is 9.90. The van der Waals surface area contributed by atoms with Crippen molar-refractivity contribution >= 4 is 11.0 Å². The SMILES string of the molecule is NNC(c1cc2cc(F)ccc2o1)C1CCCCCC1. The van der Waals surface area contributed by atoms with Crippen LogP contribution < -0.4 is 11.3 Å². The Bertz CT molecular complexity index is 573. The molecule has 1 atom stereocenters. The summed E-state index contributed by atoms with van der Waals surface area (Å²) in [4.78, 5) is 0. The molecule has 0 radical (unpaired) electrons. The predicted molar refractivity (Wildman–Crippen MR) is 77.4 cm³/mol. The van der Waals surface area contributed by atoms with E-state index in [1.165, 1.54) is 50.7 Å². The van der Waals surface area contributed by atoms with Gasteiger partial charge in [0.2, 0.25) is 0 Å². The Hall–Kier alpha value is -1.39. The highest BCUT2D eigenvalue weighted by Gasteiger charge is 2.26. The number of hydrogen-bond acceptors (Lipinski definition) is 3. The molecule has 1 aromatic heterocycles. The number of rotatable bonds is 3. The van der Waals surface area contributed by atoms with Crippen molar-refractivity contribution in [1.82, 2.24) is 5.43 Å². The van der Waals surface area contributed by atoms with Gasteiger partial charge in [-0.2, -0.15) is 0 Å². The van der Waals surface area contributed by atoms with Gasteiger partial charge < -0.3 is 4.42 Å². The Balaban J connectivity index is 1.89. The summed E-state index contributed by atoms with van der Waals surface area (Å²) in [5, 5.41) is 0.800. The number of furan rings is 1. The van der Waals surface area contributed by atoms with Gasteiger partial charge in [0.25, 0.3) is 0 Å². The summed E-state index contributed by atoms with van der Waals surface area (Å²) in [5.74, 6) is 6.83. The molecule has 0 spiro atoms. The highest BCUT2D eigenvalue weighted by molar-refractivity contribution is 5.78. The zero-order valence-corrected chi connectivity index (χ0v) is 11.6. The van der Waals surface area contributed by atoms with Crippen LogP contribution in [0.25, 0.3) is 11.0 Å². The Kier molecular flexibility index (Phi) is 4.03. The maximum atomic E-state index is 13.3. The summed E-state index contributed by atoms with van der Waals surface area (Å²) < 4.78 is 19.1. The first-order valence-electron chi connectivity index (χ1n) is 7.43. The molecule has 0 aliphatic heterocycles. The van der Waals surface area contributed by atoms with Gasteiger partial charge in [-0.1, -0.05) is 25.7 Å². The average Bonchev–Trinajstić information content (AvgIpc) is 2.67. The lowest BCUT2D eigenvalue weighted by Gasteiger charge is -2.23. The number of benzene rings is 1.